The Bertz CT molecular complexity index is 906. The summed E-state index contributed by atoms with van der Waals surface area (Å²) in [5.41, 5.74) is 2.31. The topological polar surface area (TPSA) is 63.3 Å². The number of fused-ring (bicyclic) bond motifs is 3. The lowest BCUT2D eigenvalue weighted by atomic mass is 10.2. The van der Waals surface area contributed by atoms with Gasteiger partial charge in [0.05, 0.1) is 6.20 Å². The normalized spacial score (nSPS) is 23.1. The number of nitrogens with one attached hydrogen (secondary N) is 1. The number of aromatic nitrogens is 5. The Morgan fingerprint density at radius 3 is 2.60 bits per heavy atom. The zero-order chi connectivity index (χ0) is 17.0. The lowest BCUT2D eigenvalue weighted by Crippen LogP contribution is -2.51. The molecule has 2 aliphatic rings. The molecule has 3 aromatic rings. The van der Waals surface area contributed by atoms with Crippen molar-refractivity contribution in [3.8, 4) is 11.1 Å². The SMILES string of the molecule is FC(F)n1cc(-c2cc3c(N4CC5CCC(C4)N5)ncnn3c2)cn1. The van der Waals surface area contributed by atoms with Gasteiger partial charge in [0.1, 0.15) is 11.8 Å². The second-order valence-corrected chi connectivity index (χ2v) is 6.67. The van der Waals surface area contributed by atoms with E-state index in [4.69, 9.17) is 0 Å². The monoisotopic (exact) mass is 345 g/mol. The summed E-state index contributed by atoms with van der Waals surface area (Å²) >= 11 is 0. The quantitative estimate of drug-likeness (QED) is 0.786. The highest BCUT2D eigenvalue weighted by molar-refractivity contribution is 5.77. The van der Waals surface area contributed by atoms with Crippen LogP contribution in [0.2, 0.25) is 0 Å². The Labute approximate surface area is 142 Å². The molecule has 0 spiro atoms. The molecule has 2 aliphatic heterocycles. The molecule has 2 atom stereocenters. The van der Waals surface area contributed by atoms with Crippen molar-refractivity contribution in [1.29, 1.82) is 0 Å². The third kappa shape index (κ3) is 2.46. The van der Waals surface area contributed by atoms with E-state index in [9.17, 15) is 8.78 Å². The summed E-state index contributed by atoms with van der Waals surface area (Å²) in [7, 11) is 0. The van der Waals surface area contributed by atoms with Crippen molar-refractivity contribution in [3.05, 3.63) is 31.0 Å². The molecule has 130 valence electrons. The highest BCUT2D eigenvalue weighted by Crippen LogP contribution is 2.30. The molecule has 2 saturated heterocycles. The van der Waals surface area contributed by atoms with Gasteiger partial charge in [-0.05, 0) is 18.9 Å². The lowest BCUT2D eigenvalue weighted by Gasteiger charge is -2.33. The molecule has 0 amide bonds. The highest BCUT2D eigenvalue weighted by atomic mass is 19.3. The molecular weight excluding hydrogens is 328 g/mol. The number of nitrogens with zero attached hydrogens (tertiary/aromatic N) is 6. The number of alkyl halides is 2. The first-order valence-corrected chi connectivity index (χ1v) is 8.34. The molecule has 0 saturated carbocycles. The van der Waals surface area contributed by atoms with Crippen molar-refractivity contribution in [2.45, 2.75) is 31.5 Å². The van der Waals surface area contributed by atoms with E-state index < -0.39 is 6.55 Å². The molecular formula is C16H17F2N7. The minimum atomic E-state index is -2.64. The van der Waals surface area contributed by atoms with Gasteiger partial charge in [0.2, 0.25) is 0 Å². The van der Waals surface area contributed by atoms with Crippen LogP contribution in [0.25, 0.3) is 16.6 Å². The van der Waals surface area contributed by atoms with Gasteiger partial charge in [-0.3, -0.25) is 0 Å². The van der Waals surface area contributed by atoms with Crippen LogP contribution in [-0.2, 0) is 0 Å². The molecule has 2 bridgehead atoms. The Balaban J connectivity index is 1.53. The smallest absolute Gasteiger partial charge is 0.333 e. The van der Waals surface area contributed by atoms with Crippen LogP contribution in [-0.4, -0.2) is 49.6 Å². The maximum absolute atomic E-state index is 12.7. The molecule has 9 heteroatoms. The van der Waals surface area contributed by atoms with E-state index in [1.54, 1.807) is 10.8 Å². The van der Waals surface area contributed by atoms with Crippen molar-refractivity contribution >= 4 is 11.3 Å². The Hall–Kier alpha value is -2.55. The molecule has 25 heavy (non-hydrogen) atoms. The Kier molecular flexibility index (Phi) is 3.24. The standard InChI is InChI=1S/C16H17F2N7/c17-16(18)25-6-11(4-20-25)10-3-14-15(19-9-21-24(14)5-10)23-7-12-1-2-13(8-23)22-12/h3-6,9,12-13,16,22H,1-2,7-8H2. The first-order chi connectivity index (χ1) is 12.2. The second kappa shape index (κ2) is 5.48. The van der Waals surface area contributed by atoms with Gasteiger partial charge >= 0.3 is 6.55 Å². The largest absolute Gasteiger partial charge is 0.352 e. The first-order valence-electron chi connectivity index (χ1n) is 8.34. The van der Waals surface area contributed by atoms with Gasteiger partial charge in [0.15, 0.2) is 5.82 Å². The van der Waals surface area contributed by atoms with E-state index in [2.05, 4.69) is 25.4 Å². The third-order valence-corrected chi connectivity index (χ3v) is 5.04. The van der Waals surface area contributed by atoms with E-state index in [-0.39, 0.29) is 0 Å². The first kappa shape index (κ1) is 14.8. The minimum Gasteiger partial charge on any atom is -0.352 e. The van der Waals surface area contributed by atoms with Crippen LogP contribution < -0.4 is 10.2 Å². The Morgan fingerprint density at radius 1 is 1.08 bits per heavy atom. The fraction of sp³-hybridized carbons (Fsp3) is 0.438. The van der Waals surface area contributed by atoms with Gasteiger partial charge in [-0.2, -0.15) is 19.0 Å². The summed E-state index contributed by atoms with van der Waals surface area (Å²) in [6.07, 6.45) is 8.54. The summed E-state index contributed by atoms with van der Waals surface area (Å²) in [6, 6.07) is 2.95. The van der Waals surface area contributed by atoms with Crippen LogP contribution in [0.15, 0.2) is 31.0 Å². The van der Waals surface area contributed by atoms with Crippen LogP contribution in [0.3, 0.4) is 0 Å². The summed E-state index contributed by atoms with van der Waals surface area (Å²) in [4.78, 5) is 6.79. The molecule has 7 nitrogen and oxygen atoms in total. The molecule has 0 radical (unpaired) electrons. The van der Waals surface area contributed by atoms with Gasteiger partial charge in [0.25, 0.3) is 0 Å². The zero-order valence-electron chi connectivity index (χ0n) is 13.4. The van der Waals surface area contributed by atoms with E-state index in [1.807, 2.05) is 12.3 Å². The van der Waals surface area contributed by atoms with Crippen molar-refractivity contribution in [2.24, 2.45) is 0 Å². The van der Waals surface area contributed by atoms with Gasteiger partial charge in [0, 0.05) is 48.7 Å². The molecule has 5 rings (SSSR count). The zero-order valence-corrected chi connectivity index (χ0v) is 13.4. The van der Waals surface area contributed by atoms with Crippen LogP contribution in [0.4, 0.5) is 14.6 Å². The highest BCUT2D eigenvalue weighted by Gasteiger charge is 2.33. The molecule has 2 fully saturated rings. The van der Waals surface area contributed by atoms with Crippen molar-refractivity contribution in [3.63, 3.8) is 0 Å². The van der Waals surface area contributed by atoms with Gasteiger partial charge in [-0.15, -0.1) is 0 Å². The maximum atomic E-state index is 12.7. The summed E-state index contributed by atoms with van der Waals surface area (Å²) in [5.74, 6) is 0.890. The van der Waals surface area contributed by atoms with Crippen molar-refractivity contribution < 1.29 is 8.78 Å². The number of piperazine rings is 1. The summed E-state index contributed by atoms with van der Waals surface area (Å²) in [6.45, 7) is -0.794. The molecule has 2 unspecified atom stereocenters. The molecule has 3 aromatic heterocycles. The summed E-state index contributed by atoms with van der Waals surface area (Å²) < 4.78 is 27.9. The van der Waals surface area contributed by atoms with Crippen LogP contribution in [0.5, 0.6) is 0 Å². The molecule has 0 aliphatic carbocycles. The number of rotatable bonds is 3. The van der Waals surface area contributed by atoms with Crippen molar-refractivity contribution in [1.82, 2.24) is 29.7 Å². The van der Waals surface area contributed by atoms with Crippen molar-refractivity contribution in [2.75, 3.05) is 18.0 Å². The van der Waals surface area contributed by atoms with Crippen LogP contribution >= 0.6 is 0 Å². The average Bonchev–Trinajstić information content (AvgIpc) is 3.31. The fourth-order valence-corrected chi connectivity index (χ4v) is 3.88. The number of anilines is 1. The predicted molar refractivity (Wildman–Crippen MR) is 87.6 cm³/mol. The molecule has 1 N–H and O–H groups in total. The van der Waals surface area contributed by atoms with Gasteiger partial charge < -0.3 is 10.2 Å². The lowest BCUT2D eigenvalue weighted by molar-refractivity contribution is 0.0566. The van der Waals surface area contributed by atoms with E-state index in [0.717, 1.165) is 30.0 Å². The van der Waals surface area contributed by atoms with Gasteiger partial charge in [-0.1, -0.05) is 0 Å². The summed E-state index contributed by atoms with van der Waals surface area (Å²) in [5, 5.41) is 11.6. The fourth-order valence-electron chi connectivity index (χ4n) is 3.88. The van der Waals surface area contributed by atoms with Crippen LogP contribution in [0, 0.1) is 0 Å². The second-order valence-electron chi connectivity index (χ2n) is 6.67. The minimum absolute atomic E-state index is 0.507. The number of hydrogen-bond acceptors (Lipinski definition) is 5. The predicted octanol–water partition coefficient (Wildman–Crippen LogP) is 1.93. The maximum Gasteiger partial charge on any atom is 0.333 e. The molecule has 5 heterocycles. The third-order valence-electron chi connectivity index (χ3n) is 5.04. The van der Waals surface area contributed by atoms with E-state index in [0.29, 0.717) is 22.3 Å². The van der Waals surface area contributed by atoms with Gasteiger partial charge in [-0.25, -0.2) is 14.2 Å². The number of halogens is 2. The number of hydrogen-bond donors (Lipinski definition) is 1. The molecule has 0 aromatic carbocycles. The van der Waals surface area contributed by atoms with E-state index in [1.165, 1.54) is 25.2 Å². The Morgan fingerprint density at radius 2 is 1.88 bits per heavy atom. The van der Waals surface area contributed by atoms with Crippen LogP contribution in [0.1, 0.15) is 19.4 Å². The van der Waals surface area contributed by atoms with E-state index >= 15 is 0 Å². The average molecular weight is 345 g/mol.